The molecule has 1 atom stereocenters. The Bertz CT molecular complexity index is 168. The smallest absolute Gasteiger partial charge is 0.308 e. The maximum absolute atomic E-state index is 11.1. The first-order valence-corrected chi connectivity index (χ1v) is 4.51. The molecule has 0 spiro atoms. The van der Waals surface area contributed by atoms with Gasteiger partial charge in [-0.3, -0.25) is 4.79 Å². The van der Waals surface area contributed by atoms with Crippen LogP contribution in [0.1, 0.15) is 33.6 Å². The van der Waals surface area contributed by atoms with Crippen molar-refractivity contribution in [2.75, 3.05) is 6.54 Å². The van der Waals surface area contributed by atoms with E-state index in [1.165, 1.54) is 0 Å². The lowest BCUT2D eigenvalue weighted by Gasteiger charge is -2.23. The van der Waals surface area contributed by atoms with E-state index in [9.17, 15) is 4.79 Å². The van der Waals surface area contributed by atoms with E-state index in [-0.39, 0.29) is 13.0 Å². The average Bonchev–Trinajstić information content (AvgIpc) is 2.03. The van der Waals surface area contributed by atoms with Crippen LogP contribution in [0, 0.1) is 0 Å². The zero-order valence-electron chi connectivity index (χ0n) is 8.54. The lowest BCUT2D eigenvalue weighted by atomic mass is 10.1. The van der Waals surface area contributed by atoms with E-state index in [1.807, 2.05) is 20.8 Å². The van der Waals surface area contributed by atoms with Crippen molar-refractivity contribution in [3.05, 3.63) is 0 Å². The zero-order chi connectivity index (χ0) is 10.5. The molecule has 0 aromatic rings. The van der Waals surface area contributed by atoms with Crippen molar-refractivity contribution in [3.8, 4) is 0 Å². The van der Waals surface area contributed by atoms with Crippen molar-refractivity contribution in [1.29, 1.82) is 0 Å². The summed E-state index contributed by atoms with van der Waals surface area (Å²) in [6, 6.07) is 0. The summed E-state index contributed by atoms with van der Waals surface area (Å²) in [6.07, 6.45) is -0.0719. The van der Waals surface area contributed by atoms with Crippen LogP contribution in [0.3, 0.4) is 0 Å². The highest BCUT2D eigenvalue weighted by atomic mass is 16.6. The largest absolute Gasteiger partial charge is 0.460 e. The summed E-state index contributed by atoms with van der Waals surface area (Å²) in [5.41, 5.74) is 4.71. The fourth-order valence-corrected chi connectivity index (χ4v) is 0.698. The molecule has 1 unspecified atom stereocenters. The monoisotopic (exact) mass is 189 g/mol. The zero-order valence-corrected chi connectivity index (χ0v) is 8.54. The van der Waals surface area contributed by atoms with Gasteiger partial charge in [-0.25, -0.2) is 0 Å². The number of rotatable bonds is 5. The highest BCUT2D eigenvalue weighted by Crippen LogP contribution is 2.14. The Balaban J connectivity index is 3.87. The molecule has 0 rings (SSSR count). The lowest BCUT2D eigenvalue weighted by Crippen LogP contribution is -2.31. The molecule has 3 N–H and O–H groups in total. The first-order chi connectivity index (χ1) is 5.91. The molecule has 0 saturated carbocycles. The number of ether oxygens (including phenoxy) is 1. The Labute approximate surface area is 79.1 Å². The molecular formula is C9H19NO3. The van der Waals surface area contributed by atoms with Gasteiger partial charge in [-0.05, 0) is 20.3 Å². The van der Waals surface area contributed by atoms with E-state index in [0.29, 0.717) is 0 Å². The molecule has 0 saturated heterocycles. The molecule has 0 aliphatic rings. The minimum absolute atomic E-state index is 0.0278. The maximum atomic E-state index is 11.1. The van der Waals surface area contributed by atoms with Crippen LogP contribution in [0.15, 0.2) is 0 Å². The molecular weight excluding hydrogens is 170 g/mol. The van der Waals surface area contributed by atoms with Crippen molar-refractivity contribution in [2.24, 2.45) is 5.73 Å². The highest BCUT2D eigenvalue weighted by Gasteiger charge is 2.21. The summed E-state index contributed by atoms with van der Waals surface area (Å²) in [5, 5.41) is 9.07. The standard InChI is InChI=1S/C9H19NO3/c1-4-9(2,3)13-8(12)5-7(11)6-10/h7,11H,4-6,10H2,1-3H3. The summed E-state index contributed by atoms with van der Waals surface area (Å²) >= 11 is 0. The molecule has 0 aromatic heterocycles. The van der Waals surface area contributed by atoms with Crippen molar-refractivity contribution in [1.82, 2.24) is 0 Å². The fraction of sp³-hybridized carbons (Fsp3) is 0.889. The van der Waals surface area contributed by atoms with E-state index in [0.717, 1.165) is 6.42 Å². The van der Waals surface area contributed by atoms with Gasteiger partial charge in [0.05, 0.1) is 12.5 Å². The van der Waals surface area contributed by atoms with E-state index in [2.05, 4.69) is 0 Å². The summed E-state index contributed by atoms with van der Waals surface area (Å²) in [7, 11) is 0. The average molecular weight is 189 g/mol. The van der Waals surface area contributed by atoms with Crippen LogP contribution in [-0.2, 0) is 9.53 Å². The molecule has 78 valence electrons. The van der Waals surface area contributed by atoms with Crippen LogP contribution in [0.25, 0.3) is 0 Å². The Hall–Kier alpha value is -0.610. The van der Waals surface area contributed by atoms with Gasteiger partial charge in [0, 0.05) is 6.54 Å². The number of hydrogen-bond donors (Lipinski definition) is 2. The minimum Gasteiger partial charge on any atom is -0.460 e. The number of carbonyl (C=O) groups excluding carboxylic acids is 1. The minimum atomic E-state index is -0.792. The van der Waals surface area contributed by atoms with E-state index < -0.39 is 17.7 Å². The Kier molecular flexibility index (Phi) is 4.95. The molecule has 0 bridgehead atoms. The van der Waals surface area contributed by atoms with Crippen LogP contribution in [0.2, 0.25) is 0 Å². The fourth-order valence-electron chi connectivity index (χ4n) is 0.698. The van der Waals surface area contributed by atoms with Gasteiger partial charge >= 0.3 is 5.97 Å². The number of aliphatic hydroxyl groups is 1. The van der Waals surface area contributed by atoms with Gasteiger partial charge in [0.15, 0.2) is 0 Å². The number of nitrogens with two attached hydrogens (primary N) is 1. The van der Waals surface area contributed by atoms with E-state index in [4.69, 9.17) is 15.6 Å². The quantitative estimate of drug-likeness (QED) is 0.615. The summed E-state index contributed by atoms with van der Waals surface area (Å²) in [5.74, 6) is -0.398. The van der Waals surface area contributed by atoms with Gasteiger partial charge in [0.25, 0.3) is 0 Å². The van der Waals surface area contributed by atoms with Gasteiger partial charge in [-0.15, -0.1) is 0 Å². The first kappa shape index (κ1) is 12.4. The van der Waals surface area contributed by atoms with Crippen molar-refractivity contribution < 1.29 is 14.6 Å². The highest BCUT2D eigenvalue weighted by molar-refractivity contribution is 5.70. The second kappa shape index (κ2) is 5.19. The molecule has 0 fully saturated rings. The third-order valence-electron chi connectivity index (χ3n) is 1.92. The van der Waals surface area contributed by atoms with E-state index in [1.54, 1.807) is 0 Å². The predicted octanol–water partition coefficient (Wildman–Crippen LogP) is 0.428. The Morgan fingerprint density at radius 1 is 1.62 bits per heavy atom. The molecule has 4 nitrogen and oxygen atoms in total. The summed E-state index contributed by atoms with van der Waals surface area (Å²) in [6.45, 7) is 5.69. The third-order valence-corrected chi connectivity index (χ3v) is 1.92. The molecule has 0 amide bonds. The van der Waals surface area contributed by atoms with Gasteiger partial charge in [0.1, 0.15) is 5.60 Å². The van der Waals surface area contributed by atoms with E-state index >= 15 is 0 Å². The number of aliphatic hydroxyl groups excluding tert-OH is 1. The lowest BCUT2D eigenvalue weighted by molar-refractivity contribution is -0.158. The topological polar surface area (TPSA) is 72.5 Å². The number of carbonyl (C=O) groups is 1. The van der Waals surface area contributed by atoms with Gasteiger partial charge in [-0.2, -0.15) is 0 Å². The third kappa shape index (κ3) is 5.60. The van der Waals surface area contributed by atoms with Crippen molar-refractivity contribution in [2.45, 2.75) is 45.3 Å². The molecule has 0 aliphatic heterocycles. The normalized spacial score (nSPS) is 13.9. The first-order valence-electron chi connectivity index (χ1n) is 4.51. The van der Waals surface area contributed by atoms with Crippen molar-refractivity contribution >= 4 is 5.97 Å². The summed E-state index contributed by atoms with van der Waals surface area (Å²) in [4.78, 5) is 11.1. The Morgan fingerprint density at radius 2 is 2.15 bits per heavy atom. The van der Waals surface area contributed by atoms with Gasteiger partial charge in [0.2, 0.25) is 0 Å². The van der Waals surface area contributed by atoms with Crippen LogP contribution >= 0.6 is 0 Å². The number of hydrogen-bond acceptors (Lipinski definition) is 4. The molecule has 13 heavy (non-hydrogen) atoms. The number of esters is 1. The molecule has 0 heterocycles. The van der Waals surface area contributed by atoms with Crippen LogP contribution < -0.4 is 5.73 Å². The maximum Gasteiger partial charge on any atom is 0.308 e. The van der Waals surface area contributed by atoms with Crippen LogP contribution in [-0.4, -0.2) is 29.3 Å². The van der Waals surface area contributed by atoms with Gasteiger partial charge < -0.3 is 15.6 Å². The second-order valence-electron chi connectivity index (χ2n) is 3.68. The molecule has 4 heteroatoms. The van der Waals surface area contributed by atoms with Crippen molar-refractivity contribution in [3.63, 3.8) is 0 Å². The molecule has 0 aromatic carbocycles. The van der Waals surface area contributed by atoms with Gasteiger partial charge in [-0.1, -0.05) is 6.92 Å². The second-order valence-corrected chi connectivity index (χ2v) is 3.68. The molecule has 0 radical (unpaired) electrons. The molecule has 0 aliphatic carbocycles. The summed E-state index contributed by atoms with van der Waals surface area (Å²) < 4.78 is 5.11. The Morgan fingerprint density at radius 3 is 2.54 bits per heavy atom. The van der Waals surface area contributed by atoms with Crippen LogP contribution in [0.5, 0.6) is 0 Å². The predicted molar refractivity (Wildman–Crippen MR) is 50.1 cm³/mol. The van der Waals surface area contributed by atoms with Crippen LogP contribution in [0.4, 0.5) is 0 Å². The SMILES string of the molecule is CCC(C)(C)OC(=O)CC(O)CN.